The van der Waals surface area contributed by atoms with Crippen molar-refractivity contribution < 1.29 is 4.39 Å². The van der Waals surface area contributed by atoms with Crippen molar-refractivity contribution in [3.8, 4) is 0 Å². The van der Waals surface area contributed by atoms with Crippen LogP contribution in [0, 0.1) is 5.82 Å². The Bertz CT molecular complexity index is 329. The summed E-state index contributed by atoms with van der Waals surface area (Å²) in [6, 6.07) is 4.59. The lowest BCUT2D eigenvalue weighted by molar-refractivity contribution is 0.627. The number of hydrogen-bond acceptors (Lipinski definition) is 3. The molecular formula is C12H18ClFN2S. The quantitative estimate of drug-likeness (QED) is 0.750. The Labute approximate surface area is 111 Å². The van der Waals surface area contributed by atoms with E-state index in [1.54, 1.807) is 6.07 Å². The van der Waals surface area contributed by atoms with Gasteiger partial charge in [0.1, 0.15) is 5.82 Å². The Hall–Kier alpha value is -0.450. The summed E-state index contributed by atoms with van der Waals surface area (Å²) in [5.41, 5.74) is 6.37. The molecule has 1 aromatic carbocycles. The first-order chi connectivity index (χ1) is 8.15. The second-order valence-corrected chi connectivity index (χ2v) is 5.55. The smallest absolute Gasteiger partial charge is 0.126 e. The van der Waals surface area contributed by atoms with E-state index in [1.807, 2.05) is 11.8 Å². The van der Waals surface area contributed by atoms with E-state index in [4.69, 9.17) is 17.3 Å². The number of hydrogen-bond donors (Lipinski definition) is 2. The number of halogens is 2. The lowest BCUT2D eigenvalue weighted by atomic mass is 10.2. The first kappa shape index (κ1) is 14.6. The van der Waals surface area contributed by atoms with E-state index in [0.717, 1.165) is 17.9 Å². The summed E-state index contributed by atoms with van der Waals surface area (Å²) >= 11 is 7.66. The maximum atomic E-state index is 13.1. The number of anilines is 1. The van der Waals surface area contributed by atoms with Gasteiger partial charge >= 0.3 is 0 Å². The fraction of sp³-hybridized carbons (Fsp3) is 0.500. The van der Waals surface area contributed by atoms with Crippen molar-refractivity contribution in [1.82, 2.24) is 0 Å². The highest BCUT2D eigenvalue weighted by atomic mass is 35.5. The lowest BCUT2D eigenvalue weighted by Gasteiger charge is -2.18. The van der Waals surface area contributed by atoms with Crippen LogP contribution in [0.4, 0.5) is 10.1 Å². The van der Waals surface area contributed by atoms with Crippen molar-refractivity contribution in [1.29, 1.82) is 0 Å². The fourth-order valence-electron chi connectivity index (χ4n) is 1.49. The minimum Gasteiger partial charge on any atom is -0.381 e. The maximum absolute atomic E-state index is 13.1. The molecule has 0 aliphatic heterocycles. The van der Waals surface area contributed by atoms with Crippen LogP contribution < -0.4 is 11.1 Å². The van der Waals surface area contributed by atoms with Gasteiger partial charge in [-0.15, -0.1) is 0 Å². The van der Waals surface area contributed by atoms with Gasteiger partial charge in [-0.25, -0.2) is 4.39 Å². The molecule has 0 bridgehead atoms. The van der Waals surface area contributed by atoms with Crippen LogP contribution in [0.25, 0.3) is 0 Å². The first-order valence-electron chi connectivity index (χ1n) is 5.66. The van der Waals surface area contributed by atoms with Crippen molar-refractivity contribution in [2.75, 3.05) is 23.4 Å². The van der Waals surface area contributed by atoms with E-state index in [-0.39, 0.29) is 11.9 Å². The molecule has 0 saturated heterocycles. The second-order valence-electron chi connectivity index (χ2n) is 3.72. The highest BCUT2D eigenvalue weighted by Crippen LogP contribution is 2.19. The average Bonchev–Trinajstić information content (AvgIpc) is 2.26. The molecule has 1 atom stereocenters. The van der Waals surface area contributed by atoms with E-state index in [1.165, 1.54) is 12.1 Å². The van der Waals surface area contributed by atoms with Gasteiger partial charge in [-0.3, -0.25) is 0 Å². The molecule has 17 heavy (non-hydrogen) atoms. The molecule has 0 amide bonds. The molecule has 3 N–H and O–H groups in total. The van der Waals surface area contributed by atoms with Crippen molar-refractivity contribution in [3.05, 3.63) is 29.0 Å². The Morgan fingerprint density at radius 2 is 2.24 bits per heavy atom. The topological polar surface area (TPSA) is 38.0 Å². The van der Waals surface area contributed by atoms with E-state index in [0.29, 0.717) is 17.3 Å². The summed E-state index contributed by atoms with van der Waals surface area (Å²) in [6.07, 6.45) is 0.961. The molecule has 5 heteroatoms. The second kappa shape index (κ2) is 7.80. The summed E-state index contributed by atoms with van der Waals surface area (Å²) in [5.74, 6) is 1.82. The van der Waals surface area contributed by atoms with Crippen LogP contribution in [-0.2, 0) is 0 Å². The Morgan fingerprint density at radius 1 is 1.47 bits per heavy atom. The van der Waals surface area contributed by atoms with Gasteiger partial charge in [0.05, 0.1) is 0 Å². The predicted octanol–water partition coefficient (Wildman–Crippen LogP) is 3.36. The zero-order valence-electron chi connectivity index (χ0n) is 9.88. The van der Waals surface area contributed by atoms with Gasteiger partial charge in [-0.1, -0.05) is 18.5 Å². The zero-order valence-corrected chi connectivity index (χ0v) is 11.5. The molecule has 1 aromatic rings. The maximum Gasteiger partial charge on any atom is 0.126 e. The average molecular weight is 277 g/mol. The Morgan fingerprint density at radius 3 is 2.82 bits per heavy atom. The van der Waals surface area contributed by atoms with Crippen LogP contribution in [0.3, 0.4) is 0 Å². The molecule has 96 valence electrons. The number of thioether (sulfide) groups is 1. The minimum atomic E-state index is -0.335. The molecule has 1 rings (SSSR count). The molecule has 0 aliphatic carbocycles. The molecule has 2 nitrogen and oxygen atoms in total. The van der Waals surface area contributed by atoms with Crippen LogP contribution >= 0.6 is 23.4 Å². The Kier molecular flexibility index (Phi) is 6.70. The molecule has 0 spiro atoms. The molecule has 0 aromatic heterocycles. The van der Waals surface area contributed by atoms with Gasteiger partial charge in [0.2, 0.25) is 0 Å². The predicted molar refractivity (Wildman–Crippen MR) is 75.5 cm³/mol. The van der Waals surface area contributed by atoms with Gasteiger partial charge in [-0.05, 0) is 36.1 Å². The molecule has 0 heterocycles. The van der Waals surface area contributed by atoms with Crippen molar-refractivity contribution in [2.45, 2.75) is 19.4 Å². The normalized spacial score (nSPS) is 12.5. The molecule has 1 unspecified atom stereocenters. The minimum absolute atomic E-state index is 0.159. The highest BCUT2D eigenvalue weighted by molar-refractivity contribution is 7.99. The standard InChI is InChI=1S/C12H18ClFN2S/c1-2-17-4-3-11(8-15)16-12-6-9(13)5-10(14)7-12/h5-7,11,16H,2-4,8,15H2,1H3. The summed E-state index contributed by atoms with van der Waals surface area (Å²) in [6.45, 7) is 2.65. The van der Waals surface area contributed by atoms with Gasteiger partial charge in [0.25, 0.3) is 0 Å². The van der Waals surface area contributed by atoms with E-state index in [9.17, 15) is 4.39 Å². The monoisotopic (exact) mass is 276 g/mol. The Balaban J connectivity index is 2.54. The third kappa shape index (κ3) is 5.61. The number of nitrogens with two attached hydrogens (primary N) is 1. The third-order valence-electron chi connectivity index (χ3n) is 2.33. The van der Waals surface area contributed by atoms with Crippen LogP contribution in [0.5, 0.6) is 0 Å². The third-order valence-corrected chi connectivity index (χ3v) is 3.48. The molecular weight excluding hydrogens is 259 g/mol. The fourth-order valence-corrected chi connectivity index (χ4v) is 2.45. The molecule has 0 fully saturated rings. The van der Waals surface area contributed by atoms with Crippen LogP contribution in [0.15, 0.2) is 18.2 Å². The first-order valence-corrected chi connectivity index (χ1v) is 7.19. The van der Waals surface area contributed by atoms with Crippen LogP contribution in [0.2, 0.25) is 5.02 Å². The van der Waals surface area contributed by atoms with E-state index < -0.39 is 0 Å². The largest absolute Gasteiger partial charge is 0.381 e. The van der Waals surface area contributed by atoms with Crippen molar-refractivity contribution in [2.24, 2.45) is 5.73 Å². The molecule has 0 radical (unpaired) electrons. The van der Waals surface area contributed by atoms with Crippen molar-refractivity contribution >= 4 is 29.1 Å². The zero-order chi connectivity index (χ0) is 12.7. The molecule has 0 saturated carbocycles. The van der Waals surface area contributed by atoms with Gasteiger partial charge in [-0.2, -0.15) is 11.8 Å². The van der Waals surface area contributed by atoms with Crippen molar-refractivity contribution in [3.63, 3.8) is 0 Å². The highest BCUT2D eigenvalue weighted by Gasteiger charge is 2.07. The summed E-state index contributed by atoms with van der Waals surface area (Å²) in [5, 5.41) is 3.60. The number of rotatable bonds is 7. The van der Waals surface area contributed by atoms with Gasteiger partial charge in [0.15, 0.2) is 0 Å². The van der Waals surface area contributed by atoms with Gasteiger partial charge < -0.3 is 11.1 Å². The SMILES string of the molecule is CCSCCC(CN)Nc1cc(F)cc(Cl)c1. The van der Waals surface area contributed by atoms with E-state index >= 15 is 0 Å². The summed E-state index contributed by atoms with van der Waals surface area (Å²) in [4.78, 5) is 0. The number of benzene rings is 1. The van der Waals surface area contributed by atoms with Crippen LogP contribution in [0.1, 0.15) is 13.3 Å². The summed E-state index contributed by atoms with van der Waals surface area (Å²) < 4.78 is 13.1. The van der Waals surface area contributed by atoms with Gasteiger partial charge in [0, 0.05) is 23.3 Å². The molecule has 0 aliphatic rings. The van der Waals surface area contributed by atoms with E-state index in [2.05, 4.69) is 12.2 Å². The van der Waals surface area contributed by atoms with Crippen LogP contribution in [-0.4, -0.2) is 24.1 Å². The lowest BCUT2D eigenvalue weighted by Crippen LogP contribution is -2.29. The number of nitrogens with one attached hydrogen (secondary N) is 1. The summed E-state index contributed by atoms with van der Waals surface area (Å²) in [7, 11) is 0.